The Kier molecular flexibility index (Phi) is 4.10. The lowest BCUT2D eigenvalue weighted by Crippen LogP contribution is -2.14. The molecule has 4 aliphatic rings. The second-order valence-corrected chi connectivity index (χ2v) is 5.98. The maximum atomic E-state index is 13.2. The first kappa shape index (κ1) is 16.9. The van der Waals surface area contributed by atoms with Gasteiger partial charge in [0, 0.05) is 0 Å². The van der Waals surface area contributed by atoms with Crippen LogP contribution < -0.4 is 0 Å². The van der Waals surface area contributed by atoms with Gasteiger partial charge in [0.25, 0.3) is 0 Å². The van der Waals surface area contributed by atoms with Gasteiger partial charge >= 0.3 is 12.4 Å². The van der Waals surface area contributed by atoms with E-state index in [0.717, 1.165) is 12.1 Å². The van der Waals surface area contributed by atoms with Crippen molar-refractivity contribution in [3.8, 4) is 0 Å². The number of rotatable bonds is 0. The van der Waals surface area contributed by atoms with E-state index in [-0.39, 0.29) is 36.8 Å². The Morgan fingerprint density at radius 2 is 0.917 bits per heavy atom. The number of hydrogen-bond acceptors (Lipinski definition) is 0. The first-order chi connectivity index (χ1) is 11.1. The number of aryl methyl sites for hydroxylation is 4. The van der Waals surface area contributed by atoms with Crippen molar-refractivity contribution >= 4 is 0 Å². The molecule has 0 aromatic heterocycles. The summed E-state index contributed by atoms with van der Waals surface area (Å²) in [6.07, 6.45) is -8.57. The average molecular weight is 344 g/mol. The van der Waals surface area contributed by atoms with Crippen LogP contribution >= 0.6 is 0 Å². The Labute approximate surface area is 135 Å². The molecule has 0 N–H and O–H groups in total. The summed E-state index contributed by atoms with van der Waals surface area (Å²) in [5, 5.41) is 0. The molecule has 4 aliphatic carbocycles. The number of benzene rings is 2. The van der Waals surface area contributed by atoms with Gasteiger partial charge in [0.1, 0.15) is 0 Å². The molecule has 24 heavy (non-hydrogen) atoms. The second-order valence-electron chi connectivity index (χ2n) is 5.98. The van der Waals surface area contributed by atoms with Crippen molar-refractivity contribution in [1.29, 1.82) is 0 Å². The summed E-state index contributed by atoms with van der Waals surface area (Å²) < 4.78 is 79.3. The van der Waals surface area contributed by atoms with E-state index in [0.29, 0.717) is 11.1 Å². The summed E-state index contributed by atoms with van der Waals surface area (Å²) in [7, 11) is 0. The number of alkyl halides is 6. The van der Waals surface area contributed by atoms with Gasteiger partial charge in [-0.1, -0.05) is 24.3 Å². The molecule has 6 rings (SSSR count). The van der Waals surface area contributed by atoms with Crippen LogP contribution in [0.15, 0.2) is 36.4 Å². The minimum atomic E-state index is -4.46. The Morgan fingerprint density at radius 3 is 1.25 bits per heavy atom. The van der Waals surface area contributed by atoms with E-state index in [9.17, 15) is 26.3 Å². The van der Waals surface area contributed by atoms with Gasteiger partial charge in [0.15, 0.2) is 0 Å². The third-order valence-corrected chi connectivity index (χ3v) is 4.33. The maximum Gasteiger partial charge on any atom is 0.416 e. The highest BCUT2D eigenvalue weighted by Gasteiger charge is 2.35. The molecule has 0 saturated heterocycles. The first-order valence-corrected chi connectivity index (χ1v) is 7.52. The lowest BCUT2D eigenvalue weighted by molar-refractivity contribution is -0.138. The van der Waals surface area contributed by atoms with Crippen LogP contribution in [0.2, 0.25) is 0 Å². The molecule has 0 nitrogen and oxygen atoms in total. The van der Waals surface area contributed by atoms with Crippen LogP contribution in [0.4, 0.5) is 26.3 Å². The van der Waals surface area contributed by atoms with Gasteiger partial charge < -0.3 is 0 Å². The van der Waals surface area contributed by atoms with Gasteiger partial charge in [-0.2, -0.15) is 26.3 Å². The van der Waals surface area contributed by atoms with Gasteiger partial charge in [0.2, 0.25) is 0 Å². The van der Waals surface area contributed by atoms with Crippen LogP contribution in [0, 0.1) is 0 Å². The summed E-state index contributed by atoms with van der Waals surface area (Å²) in [6, 6.07) is 8.16. The fourth-order valence-electron chi connectivity index (χ4n) is 3.08. The average Bonchev–Trinajstić information content (AvgIpc) is 2.47. The molecule has 128 valence electrons. The molecule has 0 unspecified atom stereocenters. The predicted molar refractivity (Wildman–Crippen MR) is 77.7 cm³/mol. The zero-order valence-electron chi connectivity index (χ0n) is 12.6. The van der Waals surface area contributed by atoms with Gasteiger partial charge in [-0.05, 0) is 60.1 Å². The van der Waals surface area contributed by atoms with Crippen molar-refractivity contribution < 1.29 is 26.3 Å². The molecule has 0 heterocycles. The standard InChI is InChI=1S/C18H14F6/c19-17(20,21)15-9-11-1-5-13(15)8-4-12-2-6-14(7-3-11)16(10-12)18(22,23)24/h1-2,5-6,9-10H,3-4,7-8H2. The molecule has 4 bridgehead atoms. The minimum absolute atomic E-state index is 0.0474. The Bertz CT molecular complexity index is 690. The van der Waals surface area contributed by atoms with Crippen molar-refractivity contribution in [3.05, 3.63) is 69.8 Å². The highest BCUT2D eigenvalue weighted by Crippen LogP contribution is 2.36. The number of halogens is 6. The van der Waals surface area contributed by atoms with E-state index < -0.39 is 23.5 Å². The summed E-state index contributed by atoms with van der Waals surface area (Å²) in [4.78, 5) is 0. The van der Waals surface area contributed by atoms with Crippen molar-refractivity contribution in [3.63, 3.8) is 0 Å². The highest BCUT2D eigenvalue weighted by molar-refractivity contribution is 5.39. The molecular weight excluding hydrogens is 330 g/mol. The molecule has 0 radical (unpaired) electrons. The molecule has 0 fully saturated rings. The zero-order chi connectivity index (χ0) is 17.5. The molecule has 0 atom stereocenters. The topological polar surface area (TPSA) is 0 Å². The summed E-state index contributed by atoms with van der Waals surface area (Å²) in [5.41, 5.74) is -0.362. The van der Waals surface area contributed by atoms with Crippen molar-refractivity contribution in [2.24, 2.45) is 0 Å². The van der Waals surface area contributed by atoms with Crippen molar-refractivity contribution in [2.75, 3.05) is 0 Å². The predicted octanol–water partition coefficient (Wildman–Crippen LogP) is 5.61. The SMILES string of the molecule is FC(F)(F)c1cc2ccc1CCc1ccc(c(C(F)(F)F)c1)CC2. The van der Waals surface area contributed by atoms with Crippen LogP contribution in [0.5, 0.6) is 0 Å². The van der Waals surface area contributed by atoms with Gasteiger partial charge in [-0.15, -0.1) is 0 Å². The van der Waals surface area contributed by atoms with Gasteiger partial charge in [-0.25, -0.2) is 0 Å². The normalized spacial score (nSPS) is 15.2. The van der Waals surface area contributed by atoms with Crippen LogP contribution in [0.1, 0.15) is 33.4 Å². The van der Waals surface area contributed by atoms with E-state index in [4.69, 9.17) is 0 Å². The van der Waals surface area contributed by atoms with Crippen LogP contribution in [0.3, 0.4) is 0 Å². The molecule has 2 aromatic rings. The highest BCUT2D eigenvalue weighted by atomic mass is 19.4. The van der Waals surface area contributed by atoms with Crippen LogP contribution in [-0.2, 0) is 38.0 Å². The van der Waals surface area contributed by atoms with E-state index in [1.54, 1.807) is 12.1 Å². The van der Waals surface area contributed by atoms with E-state index in [2.05, 4.69) is 0 Å². The summed E-state index contributed by atoms with van der Waals surface area (Å²) in [5.74, 6) is 0. The smallest absolute Gasteiger partial charge is 0.166 e. The summed E-state index contributed by atoms with van der Waals surface area (Å²) in [6.45, 7) is 0. The quantitative estimate of drug-likeness (QED) is 0.545. The molecule has 0 amide bonds. The fourth-order valence-corrected chi connectivity index (χ4v) is 3.08. The molecule has 0 aliphatic heterocycles. The summed E-state index contributed by atoms with van der Waals surface area (Å²) >= 11 is 0. The molecule has 0 saturated carbocycles. The lowest BCUT2D eigenvalue weighted by Gasteiger charge is -2.19. The third kappa shape index (κ3) is 3.42. The molecule has 6 heteroatoms. The maximum absolute atomic E-state index is 13.2. The van der Waals surface area contributed by atoms with Gasteiger partial charge in [0.05, 0.1) is 11.1 Å². The van der Waals surface area contributed by atoms with E-state index in [1.165, 1.54) is 12.1 Å². The Hall–Kier alpha value is -1.98. The van der Waals surface area contributed by atoms with Crippen molar-refractivity contribution in [1.82, 2.24) is 0 Å². The first-order valence-electron chi connectivity index (χ1n) is 7.52. The molecule has 0 spiro atoms. The van der Waals surface area contributed by atoms with E-state index >= 15 is 0 Å². The Balaban J connectivity index is 2.07. The van der Waals surface area contributed by atoms with Crippen molar-refractivity contribution in [2.45, 2.75) is 38.0 Å². The molecular formula is C18H14F6. The van der Waals surface area contributed by atoms with Crippen LogP contribution in [-0.4, -0.2) is 0 Å². The van der Waals surface area contributed by atoms with Crippen LogP contribution in [0.25, 0.3) is 0 Å². The van der Waals surface area contributed by atoms with E-state index in [1.807, 2.05) is 0 Å². The minimum Gasteiger partial charge on any atom is -0.166 e. The largest absolute Gasteiger partial charge is 0.416 e. The van der Waals surface area contributed by atoms with Gasteiger partial charge in [-0.3, -0.25) is 0 Å². The Morgan fingerprint density at radius 1 is 0.542 bits per heavy atom. The monoisotopic (exact) mass is 344 g/mol. The third-order valence-electron chi connectivity index (χ3n) is 4.33. The number of hydrogen-bond donors (Lipinski definition) is 0. The lowest BCUT2D eigenvalue weighted by atomic mass is 9.91. The fraction of sp³-hybridized carbons (Fsp3) is 0.333. The molecule has 2 aromatic carbocycles. The second kappa shape index (κ2) is 5.83. The zero-order valence-corrected chi connectivity index (χ0v) is 12.6.